The van der Waals surface area contributed by atoms with Crippen molar-refractivity contribution in [2.24, 2.45) is 0 Å². The van der Waals surface area contributed by atoms with Gasteiger partial charge < -0.3 is 4.42 Å². The van der Waals surface area contributed by atoms with Gasteiger partial charge in [-0.1, -0.05) is 24.3 Å². The summed E-state index contributed by atoms with van der Waals surface area (Å²) in [6.45, 7) is 0. The first-order valence-corrected chi connectivity index (χ1v) is 5.60. The van der Waals surface area contributed by atoms with Gasteiger partial charge in [-0.2, -0.15) is 0 Å². The molecule has 0 fully saturated rings. The van der Waals surface area contributed by atoms with Gasteiger partial charge in [-0.3, -0.25) is 0 Å². The average molecular weight is 239 g/mol. The van der Waals surface area contributed by atoms with Crippen LogP contribution in [-0.2, 0) is 0 Å². The molecule has 0 aliphatic heterocycles. The van der Waals surface area contributed by atoms with Crippen LogP contribution in [0, 0.1) is 5.82 Å². The van der Waals surface area contributed by atoms with Crippen molar-refractivity contribution in [3.63, 3.8) is 0 Å². The van der Waals surface area contributed by atoms with E-state index >= 15 is 0 Å². The topological polar surface area (TPSA) is 26.0 Å². The summed E-state index contributed by atoms with van der Waals surface area (Å²) in [6, 6.07) is 13.9. The molecule has 1 aromatic heterocycles. The fourth-order valence-electron chi connectivity index (χ4n) is 1.74. The summed E-state index contributed by atoms with van der Waals surface area (Å²) in [5, 5.41) is 0. The van der Waals surface area contributed by atoms with Gasteiger partial charge in [-0.15, -0.1) is 0 Å². The molecule has 0 saturated carbocycles. The van der Waals surface area contributed by atoms with Crippen molar-refractivity contribution in [1.82, 2.24) is 4.98 Å². The fourth-order valence-corrected chi connectivity index (χ4v) is 1.74. The molecular formula is C15H10FNO. The molecule has 0 aliphatic rings. The molecule has 3 aromatic rings. The normalized spacial score (nSPS) is 11.4. The van der Waals surface area contributed by atoms with Crippen LogP contribution in [0.4, 0.5) is 4.39 Å². The van der Waals surface area contributed by atoms with E-state index in [2.05, 4.69) is 4.98 Å². The van der Waals surface area contributed by atoms with Crippen molar-refractivity contribution in [2.75, 3.05) is 0 Å². The summed E-state index contributed by atoms with van der Waals surface area (Å²) < 4.78 is 18.5. The van der Waals surface area contributed by atoms with E-state index in [1.54, 1.807) is 18.2 Å². The summed E-state index contributed by atoms with van der Waals surface area (Å²) in [4.78, 5) is 4.30. The minimum atomic E-state index is -0.255. The summed E-state index contributed by atoms with van der Waals surface area (Å²) in [6.07, 6.45) is 3.50. The standard InChI is InChI=1S/C15H10FNO/c16-12-5-3-4-11(10-12)8-9-15-17-13-6-1-2-7-14(13)18-15/h1-10H. The molecule has 1 heterocycles. The molecule has 18 heavy (non-hydrogen) atoms. The second kappa shape index (κ2) is 4.45. The predicted octanol–water partition coefficient (Wildman–Crippen LogP) is 4.14. The number of fused-ring (bicyclic) bond motifs is 1. The van der Waals surface area contributed by atoms with E-state index in [4.69, 9.17) is 4.42 Å². The van der Waals surface area contributed by atoms with Gasteiger partial charge in [0.1, 0.15) is 11.3 Å². The van der Waals surface area contributed by atoms with Gasteiger partial charge in [0, 0.05) is 6.08 Å². The lowest BCUT2D eigenvalue weighted by atomic mass is 10.2. The highest BCUT2D eigenvalue weighted by Crippen LogP contribution is 2.16. The second-order valence-electron chi connectivity index (χ2n) is 3.91. The number of halogens is 1. The molecule has 0 unspecified atom stereocenters. The summed E-state index contributed by atoms with van der Waals surface area (Å²) in [5.74, 6) is 0.259. The van der Waals surface area contributed by atoms with E-state index in [1.165, 1.54) is 12.1 Å². The monoisotopic (exact) mass is 239 g/mol. The number of hydrogen-bond acceptors (Lipinski definition) is 2. The third-order valence-corrected chi connectivity index (χ3v) is 2.58. The predicted molar refractivity (Wildman–Crippen MR) is 69.3 cm³/mol. The summed E-state index contributed by atoms with van der Waals surface area (Å²) in [7, 11) is 0. The maximum absolute atomic E-state index is 13.0. The SMILES string of the molecule is Fc1cccc(C=Cc2nc3ccccc3o2)c1. The molecule has 0 atom stereocenters. The molecule has 3 rings (SSSR count). The molecule has 0 spiro atoms. The van der Waals surface area contributed by atoms with Crippen LogP contribution in [0.3, 0.4) is 0 Å². The Bertz CT molecular complexity index is 682. The van der Waals surface area contributed by atoms with Crippen LogP contribution >= 0.6 is 0 Å². The van der Waals surface area contributed by atoms with Gasteiger partial charge in [0.2, 0.25) is 5.89 Å². The lowest BCUT2D eigenvalue weighted by Crippen LogP contribution is -1.75. The molecule has 0 aliphatic carbocycles. The molecule has 88 valence electrons. The second-order valence-corrected chi connectivity index (χ2v) is 3.91. The Hall–Kier alpha value is -2.42. The maximum atomic E-state index is 13.0. The fraction of sp³-hybridized carbons (Fsp3) is 0. The first kappa shape index (κ1) is 10.7. The van der Waals surface area contributed by atoms with E-state index in [9.17, 15) is 4.39 Å². The Labute approximate surface area is 103 Å². The molecule has 0 amide bonds. The van der Waals surface area contributed by atoms with Gasteiger partial charge in [0.05, 0.1) is 0 Å². The number of benzene rings is 2. The number of oxazole rings is 1. The number of para-hydroxylation sites is 2. The zero-order valence-corrected chi connectivity index (χ0v) is 9.51. The highest BCUT2D eigenvalue weighted by molar-refractivity contribution is 5.75. The highest BCUT2D eigenvalue weighted by atomic mass is 19.1. The van der Waals surface area contributed by atoms with Gasteiger partial charge in [-0.05, 0) is 35.9 Å². The maximum Gasteiger partial charge on any atom is 0.220 e. The molecular weight excluding hydrogens is 229 g/mol. The largest absolute Gasteiger partial charge is 0.437 e. The van der Waals surface area contributed by atoms with Crippen LogP contribution in [0.2, 0.25) is 0 Å². The van der Waals surface area contributed by atoms with E-state index < -0.39 is 0 Å². The molecule has 0 N–H and O–H groups in total. The van der Waals surface area contributed by atoms with Crippen molar-refractivity contribution in [1.29, 1.82) is 0 Å². The van der Waals surface area contributed by atoms with Crippen LogP contribution in [0.1, 0.15) is 11.5 Å². The van der Waals surface area contributed by atoms with E-state index in [0.717, 1.165) is 16.7 Å². The van der Waals surface area contributed by atoms with Crippen LogP contribution in [0.5, 0.6) is 0 Å². The molecule has 3 heteroatoms. The zero-order chi connectivity index (χ0) is 12.4. The van der Waals surface area contributed by atoms with Gasteiger partial charge in [-0.25, -0.2) is 9.37 Å². The smallest absolute Gasteiger partial charge is 0.220 e. The van der Waals surface area contributed by atoms with Crippen LogP contribution < -0.4 is 0 Å². The minimum Gasteiger partial charge on any atom is -0.437 e. The molecule has 2 nitrogen and oxygen atoms in total. The number of rotatable bonds is 2. The molecule has 0 radical (unpaired) electrons. The van der Waals surface area contributed by atoms with Gasteiger partial charge >= 0.3 is 0 Å². The lowest BCUT2D eigenvalue weighted by Gasteiger charge is -1.91. The highest BCUT2D eigenvalue weighted by Gasteiger charge is 2.00. The van der Waals surface area contributed by atoms with E-state index in [0.29, 0.717) is 5.89 Å². The Morgan fingerprint density at radius 3 is 2.72 bits per heavy atom. The minimum absolute atomic E-state index is 0.255. The molecule has 0 bridgehead atoms. The molecule has 0 saturated heterocycles. The van der Waals surface area contributed by atoms with Crippen molar-refractivity contribution in [3.05, 3.63) is 65.8 Å². The van der Waals surface area contributed by atoms with Gasteiger partial charge in [0.25, 0.3) is 0 Å². The summed E-state index contributed by atoms with van der Waals surface area (Å²) in [5.41, 5.74) is 2.34. The third-order valence-electron chi connectivity index (χ3n) is 2.58. The van der Waals surface area contributed by atoms with Gasteiger partial charge in [0.15, 0.2) is 5.58 Å². The van der Waals surface area contributed by atoms with Crippen molar-refractivity contribution in [2.45, 2.75) is 0 Å². The lowest BCUT2D eigenvalue weighted by molar-refractivity contribution is 0.589. The first-order valence-electron chi connectivity index (χ1n) is 5.60. The Kier molecular flexibility index (Phi) is 2.65. The molecule has 2 aromatic carbocycles. The van der Waals surface area contributed by atoms with Crippen molar-refractivity contribution in [3.8, 4) is 0 Å². The first-order chi connectivity index (χ1) is 8.81. The zero-order valence-electron chi connectivity index (χ0n) is 9.51. The summed E-state index contributed by atoms with van der Waals surface area (Å²) >= 11 is 0. The number of hydrogen-bond donors (Lipinski definition) is 0. The van der Waals surface area contributed by atoms with Crippen LogP contribution in [-0.4, -0.2) is 4.98 Å². The van der Waals surface area contributed by atoms with Crippen LogP contribution in [0.15, 0.2) is 52.9 Å². The van der Waals surface area contributed by atoms with E-state index in [-0.39, 0.29) is 5.82 Å². The Balaban J connectivity index is 1.92. The van der Waals surface area contributed by atoms with Crippen molar-refractivity contribution >= 4 is 23.3 Å². The van der Waals surface area contributed by atoms with E-state index in [1.807, 2.05) is 30.3 Å². The number of aromatic nitrogens is 1. The Morgan fingerprint density at radius 1 is 1.00 bits per heavy atom. The average Bonchev–Trinajstić information content (AvgIpc) is 2.79. The van der Waals surface area contributed by atoms with Crippen molar-refractivity contribution < 1.29 is 8.81 Å². The third kappa shape index (κ3) is 2.15. The quantitative estimate of drug-likeness (QED) is 0.671. The number of nitrogens with zero attached hydrogens (tertiary/aromatic N) is 1. The Morgan fingerprint density at radius 2 is 1.89 bits per heavy atom. The van der Waals surface area contributed by atoms with Crippen LogP contribution in [0.25, 0.3) is 23.3 Å².